The fourth-order valence-electron chi connectivity index (χ4n) is 2.03. The maximum absolute atomic E-state index is 12.9. The summed E-state index contributed by atoms with van der Waals surface area (Å²) in [5.41, 5.74) is 0.948. The second-order valence-electron chi connectivity index (χ2n) is 4.30. The number of carbonyl (C=O) groups is 2. The first-order valence-electron chi connectivity index (χ1n) is 5.98. The number of rotatable bonds is 2. The predicted octanol–water partition coefficient (Wildman–Crippen LogP) is 1.42. The Kier molecular flexibility index (Phi) is 3.35. The summed E-state index contributed by atoms with van der Waals surface area (Å²) in [6.45, 7) is 0. The molecular weight excluding hydrogens is 322 g/mol. The summed E-state index contributed by atoms with van der Waals surface area (Å²) in [5, 5.41) is 0. The van der Waals surface area contributed by atoms with E-state index in [1.165, 1.54) is 24.3 Å². The molecule has 0 unspecified atom stereocenters. The molecule has 0 aromatic heterocycles. The Morgan fingerprint density at radius 2 is 1.55 bits per heavy atom. The number of ketones is 2. The van der Waals surface area contributed by atoms with E-state index in [9.17, 15) is 14.0 Å². The Morgan fingerprint density at radius 3 is 2.30 bits per heavy atom. The minimum atomic E-state index is -0.283. The van der Waals surface area contributed by atoms with Gasteiger partial charge in [0.25, 0.3) is 0 Å². The van der Waals surface area contributed by atoms with Crippen molar-refractivity contribution in [1.29, 1.82) is 0 Å². The van der Waals surface area contributed by atoms with Crippen molar-refractivity contribution in [1.82, 2.24) is 0 Å². The molecule has 20 heavy (non-hydrogen) atoms. The monoisotopic (exact) mass is 332 g/mol. The second-order valence-corrected chi connectivity index (χ2v) is 6.64. The summed E-state index contributed by atoms with van der Waals surface area (Å²) in [6, 6.07) is 11.5. The number of fused-ring (bicyclic) bond motifs is 1. The number of halogens is 1. The van der Waals surface area contributed by atoms with Gasteiger partial charge in [-0.05, 0) is 0 Å². The van der Waals surface area contributed by atoms with Gasteiger partial charge in [0.2, 0.25) is 0 Å². The summed E-state index contributed by atoms with van der Waals surface area (Å²) in [7, 11) is 0. The van der Waals surface area contributed by atoms with Crippen LogP contribution in [0.1, 0.15) is 20.7 Å². The molecule has 0 atom stereocenters. The van der Waals surface area contributed by atoms with Crippen molar-refractivity contribution in [3.05, 3.63) is 71.6 Å². The minimum absolute atomic E-state index is 0.139. The van der Waals surface area contributed by atoms with Crippen molar-refractivity contribution in [2.45, 2.75) is 0 Å². The van der Waals surface area contributed by atoms with Crippen molar-refractivity contribution >= 4 is 35.4 Å². The third-order valence-corrected chi connectivity index (χ3v) is 5.21. The molecular formula is C16H9FO2Se. The average molecular weight is 331 g/mol. The molecule has 0 bridgehead atoms. The van der Waals surface area contributed by atoms with E-state index in [4.69, 9.17) is 0 Å². The standard InChI is InChI=1S/C16H9FO2Se/c17-10-4-6-11(7-5-10)20-15-3-1-2-12-13(18)8-9-14(19)16(12)15/h1-9H. The zero-order valence-electron chi connectivity index (χ0n) is 10.3. The average Bonchev–Trinajstić information content (AvgIpc) is 2.46. The number of carbonyl (C=O) groups excluding carboxylic acids is 2. The summed E-state index contributed by atoms with van der Waals surface area (Å²) in [5.74, 6) is -0.565. The van der Waals surface area contributed by atoms with Crippen LogP contribution in [0.15, 0.2) is 54.6 Å². The van der Waals surface area contributed by atoms with Gasteiger partial charge in [0, 0.05) is 0 Å². The molecule has 0 heterocycles. The van der Waals surface area contributed by atoms with Gasteiger partial charge in [-0.2, -0.15) is 0 Å². The Balaban J connectivity index is 2.04. The topological polar surface area (TPSA) is 34.1 Å². The number of benzene rings is 2. The molecule has 3 rings (SSSR count). The van der Waals surface area contributed by atoms with Crippen LogP contribution in [0.3, 0.4) is 0 Å². The van der Waals surface area contributed by atoms with Crippen LogP contribution in [0.25, 0.3) is 0 Å². The molecule has 0 spiro atoms. The second kappa shape index (κ2) is 5.16. The first-order chi connectivity index (χ1) is 9.65. The molecule has 0 N–H and O–H groups in total. The summed E-state index contributed by atoms with van der Waals surface area (Å²) in [6.07, 6.45) is 2.62. The predicted molar refractivity (Wildman–Crippen MR) is 75.7 cm³/mol. The van der Waals surface area contributed by atoms with Gasteiger partial charge in [-0.1, -0.05) is 0 Å². The molecule has 0 saturated carbocycles. The van der Waals surface area contributed by atoms with Gasteiger partial charge in [0.1, 0.15) is 0 Å². The van der Waals surface area contributed by atoms with E-state index in [1.54, 1.807) is 24.3 Å². The zero-order chi connectivity index (χ0) is 14.1. The van der Waals surface area contributed by atoms with Gasteiger partial charge < -0.3 is 0 Å². The molecule has 1 aliphatic carbocycles. The van der Waals surface area contributed by atoms with Crippen LogP contribution in [-0.2, 0) is 0 Å². The third kappa shape index (κ3) is 2.36. The van der Waals surface area contributed by atoms with E-state index >= 15 is 0 Å². The molecule has 0 fully saturated rings. The Hall–Kier alpha value is -2.03. The van der Waals surface area contributed by atoms with Gasteiger partial charge in [-0.3, -0.25) is 0 Å². The fraction of sp³-hybridized carbons (Fsp3) is 0. The van der Waals surface area contributed by atoms with Crippen molar-refractivity contribution in [2.75, 3.05) is 0 Å². The number of hydrogen-bond donors (Lipinski definition) is 0. The van der Waals surface area contributed by atoms with Crippen molar-refractivity contribution in [3.8, 4) is 0 Å². The first-order valence-corrected chi connectivity index (χ1v) is 7.69. The molecule has 2 aromatic rings. The molecule has 2 nitrogen and oxygen atoms in total. The van der Waals surface area contributed by atoms with E-state index < -0.39 is 0 Å². The SMILES string of the molecule is O=C1C=CC(=O)c2c([Se]c3ccc(F)cc3)cccc21. The Labute approximate surface area is 121 Å². The van der Waals surface area contributed by atoms with Gasteiger partial charge in [0.15, 0.2) is 0 Å². The van der Waals surface area contributed by atoms with Crippen LogP contribution >= 0.6 is 0 Å². The fourth-order valence-corrected chi connectivity index (χ4v) is 4.10. The van der Waals surface area contributed by atoms with Gasteiger partial charge >= 0.3 is 121 Å². The van der Waals surface area contributed by atoms with Gasteiger partial charge in [-0.15, -0.1) is 0 Å². The quantitative estimate of drug-likeness (QED) is 0.780. The van der Waals surface area contributed by atoms with Crippen molar-refractivity contribution in [3.63, 3.8) is 0 Å². The van der Waals surface area contributed by atoms with Crippen molar-refractivity contribution in [2.24, 2.45) is 0 Å². The van der Waals surface area contributed by atoms with Gasteiger partial charge in [-0.25, -0.2) is 0 Å². The van der Waals surface area contributed by atoms with Gasteiger partial charge in [0.05, 0.1) is 0 Å². The molecule has 4 heteroatoms. The van der Waals surface area contributed by atoms with Crippen LogP contribution in [0.4, 0.5) is 4.39 Å². The molecule has 98 valence electrons. The molecule has 0 radical (unpaired) electrons. The Morgan fingerprint density at radius 1 is 0.850 bits per heavy atom. The molecule has 0 saturated heterocycles. The molecule has 1 aliphatic rings. The van der Waals surface area contributed by atoms with Crippen molar-refractivity contribution < 1.29 is 14.0 Å². The van der Waals surface area contributed by atoms with E-state index in [2.05, 4.69) is 0 Å². The van der Waals surface area contributed by atoms with Crippen LogP contribution in [0, 0.1) is 5.82 Å². The molecule has 0 amide bonds. The molecule has 2 aromatic carbocycles. The zero-order valence-corrected chi connectivity index (χ0v) is 12.0. The Bertz CT molecular complexity index is 733. The van der Waals surface area contributed by atoms with E-state index in [-0.39, 0.29) is 32.3 Å². The summed E-state index contributed by atoms with van der Waals surface area (Å²) >= 11 is -0.139. The maximum atomic E-state index is 12.9. The van der Waals surface area contributed by atoms with E-state index in [1.807, 2.05) is 6.07 Å². The van der Waals surface area contributed by atoms with E-state index in [0.29, 0.717) is 11.1 Å². The summed E-state index contributed by atoms with van der Waals surface area (Å²) < 4.78 is 14.7. The van der Waals surface area contributed by atoms with Crippen LogP contribution < -0.4 is 8.92 Å². The first kappa shape index (κ1) is 13.0. The normalized spacial score (nSPS) is 13.4. The molecule has 0 aliphatic heterocycles. The van der Waals surface area contributed by atoms with Crippen LogP contribution in [0.2, 0.25) is 0 Å². The summed E-state index contributed by atoms with van der Waals surface area (Å²) in [4.78, 5) is 23.8. The van der Waals surface area contributed by atoms with Crippen LogP contribution in [0.5, 0.6) is 0 Å². The third-order valence-electron chi connectivity index (χ3n) is 2.97. The number of allylic oxidation sites excluding steroid dienone is 2. The number of hydrogen-bond acceptors (Lipinski definition) is 2. The van der Waals surface area contributed by atoms with Crippen LogP contribution in [-0.4, -0.2) is 26.5 Å². The van der Waals surface area contributed by atoms with E-state index in [0.717, 1.165) is 8.92 Å².